The van der Waals surface area contributed by atoms with Gasteiger partial charge in [0.15, 0.2) is 0 Å². The van der Waals surface area contributed by atoms with Crippen molar-refractivity contribution < 1.29 is 0 Å². The first kappa shape index (κ1) is 9.68. The predicted octanol–water partition coefficient (Wildman–Crippen LogP) is 3.71. The molecule has 3 rings (SSSR count). The van der Waals surface area contributed by atoms with Crippen molar-refractivity contribution >= 4 is 10.8 Å². The minimum absolute atomic E-state index is 0.682. The lowest BCUT2D eigenvalue weighted by atomic mass is 9.98. The molecule has 0 atom stereocenters. The summed E-state index contributed by atoms with van der Waals surface area (Å²) in [7, 11) is 0. The second kappa shape index (κ2) is 3.80. The van der Waals surface area contributed by atoms with Crippen LogP contribution in [0.4, 0.5) is 0 Å². The molecule has 0 fully saturated rings. The fourth-order valence-electron chi connectivity index (χ4n) is 2.14. The summed E-state index contributed by atoms with van der Waals surface area (Å²) in [5, 5.41) is 11.4. The fraction of sp³-hybridized carbons (Fsp3) is 0. The molecule has 1 aromatic heterocycles. The highest BCUT2D eigenvalue weighted by atomic mass is 14.6. The molecule has 0 saturated carbocycles. The standard InChI is InChI=1S/C15H10N2/c16-8-12-9-17-10-15(12)14-7-3-5-11-4-1-2-6-13(11)14/h1-7,9-10,17H. The number of benzene rings is 2. The van der Waals surface area contributed by atoms with Crippen molar-refractivity contribution in [2.75, 3.05) is 0 Å². The molecular weight excluding hydrogens is 208 g/mol. The summed E-state index contributed by atoms with van der Waals surface area (Å²) < 4.78 is 0. The van der Waals surface area contributed by atoms with E-state index in [9.17, 15) is 0 Å². The molecule has 2 nitrogen and oxygen atoms in total. The molecule has 3 aromatic rings. The zero-order chi connectivity index (χ0) is 11.7. The van der Waals surface area contributed by atoms with Crippen LogP contribution in [0.5, 0.6) is 0 Å². The predicted molar refractivity (Wildman–Crippen MR) is 68.4 cm³/mol. The van der Waals surface area contributed by atoms with Crippen LogP contribution in [-0.2, 0) is 0 Å². The van der Waals surface area contributed by atoms with Crippen LogP contribution in [0.15, 0.2) is 54.9 Å². The molecule has 2 heteroatoms. The summed E-state index contributed by atoms with van der Waals surface area (Å²) in [4.78, 5) is 2.99. The van der Waals surface area contributed by atoms with Gasteiger partial charge in [-0.1, -0.05) is 42.5 Å². The number of rotatable bonds is 1. The lowest BCUT2D eigenvalue weighted by Gasteiger charge is -2.04. The van der Waals surface area contributed by atoms with Crippen LogP contribution in [0.1, 0.15) is 5.56 Å². The lowest BCUT2D eigenvalue weighted by molar-refractivity contribution is 1.40. The van der Waals surface area contributed by atoms with Gasteiger partial charge in [-0.25, -0.2) is 0 Å². The normalized spacial score (nSPS) is 10.3. The van der Waals surface area contributed by atoms with Gasteiger partial charge < -0.3 is 4.98 Å². The van der Waals surface area contributed by atoms with Gasteiger partial charge >= 0.3 is 0 Å². The highest BCUT2D eigenvalue weighted by Crippen LogP contribution is 2.30. The van der Waals surface area contributed by atoms with E-state index in [2.05, 4.69) is 29.3 Å². The van der Waals surface area contributed by atoms with Crippen molar-refractivity contribution in [3.8, 4) is 17.2 Å². The highest BCUT2D eigenvalue weighted by Gasteiger charge is 2.08. The summed E-state index contributed by atoms with van der Waals surface area (Å²) in [6, 6.07) is 16.6. The molecule has 0 bridgehead atoms. The van der Waals surface area contributed by atoms with E-state index in [0.29, 0.717) is 5.56 Å². The Bertz CT molecular complexity index is 712. The first-order chi connectivity index (χ1) is 8.40. The molecule has 0 aliphatic heterocycles. The number of hydrogen-bond acceptors (Lipinski definition) is 1. The number of nitrogens with zero attached hydrogens (tertiary/aromatic N) is 1. The number of fused-ring (bicyclic) bond motifs is 1. The maximum atomic E-state index is 9.07. The smallest absolute Gasteiger partial charge is 0.101 e. The molecule has 17 heavy (non-hydrogen) atoms. The monoisotopic (exact) mass is 218 g/mol. The van der Waals surface area contributed by atoms with E-state index in [1.165, 1.54) is 10.8 Å². The molecule has 0 aliphatic carbocycles. The van der Waals surface area contributed by atoms with Gasteiger partial charge in [0.1, 0.15) is 6.07 Å². The minimum Gasteiger partial charge on any atom is -0.366 e. The third-order valence-electron chi connectivity index (χ3n) is 2.95. The van der Waals surface area contributed by atoms with Crippen LogP contribution in [0.25, 0.3) is 21.9 Å². The summed E-state index contributed by atoms with van der Waals surface area (Å²) in [6.07, 6.45) is 3.61. The van der Waals surface area contributed by atoms with Gasteiger partial charge in [-0.3, -0.25) is 0 Å². The maximum absolute atomic E-state index is 9.07. The van der Waals surface area contributed by atoms with E-state index in [-0.39, 0.29) is 0 Å². The third-order valence-corrected chi connectivity index (χ3v) is 2.95. The van der Waals surface area contributed by atoms with Crippen molar-refractivity contribution in [1.29, 1.82) is 5.26 Å². The van der Waals surface area contributed by atoms with E-state index in [0.717, 1.165) is 11.1 Å². The number of aromatic amines is 1. The summed E-state index contributed by atoms with van der Waals surface area (Å²) in [5.74, 6) is 0. The van der Waals surface area contributed by atoms with E-state index < -0.39 is 0 Å². The Labute approximate surface area is 99.1 Å². The SMILES string of the molecule is N#Cc1c[nH]cc1-c1cccc2ccccc12. The Morgan fingerprint density at radius 2 is 1.71 bits per heavy atom. The van der Waals surface area contributed by atoms with Gasteiger partial charge in [0, 0.05) is 18.0 Å². The van der Waals surface area contributed by atoms with Crippen molar-refractivity contribution in [2.45, 2.75) is 0 Å². The number of H-pyrrole nitrogens is 1. The Morgan fingerprint density at radius 3 is 2.59 bits per heavy atom. The van der Waals surface area contributed by atoms with E-state index in [4.69, 9.17) is 5.26 Å². The second-order valence-electron chi connectivity index (χ2n) is 3.92. The maximum Gasteiger partial charge on any atom is 0.101 e. The molecule has 0 radical (unpaired) electrons. The van der Waals surface area contributed by atoms with Gasteiger partial charge in [-0.2, -0.15) is 5.26 Å². The van der Waals surface area contributed by atoms with Crippen LogP contribution in [-0.4, -0.2) is 4.98 Å². The van der Waals surface area contributed by atoms with Gasteiger partial charge in [0.25, 0.3) is 0 Å². The van der Waals surface area contributed by atoms with Gasteiger partial charge in [0.05, 0.1) is 5.56 Å². The molecule has 80 valence electrons. The summed E-state index contributed by atoms with van der Waals surface area (Å²) in [5.41, 5.74) is 2.74. The lowest BCUT2D eigenvalue weighted by Crippen LogP contribution is -1.81. The molecule has 0 amide bonds. The number of aromatic nitrogens is 1. The van der Waals surface area contributed by atoms with Crippen LogP contribution in [0.3, 0.4) is 0 Å². The van der Waals surface area contributed by atoms with E-state index >= 15 is 0 Å². The minimum atomic E-state index is 0.682. The highest BCUT2D eigenvalue weighted by molar-refractivity contribution is 5.97. The van der Waals surface area contributed by atoms with Crippen LogP contribution in [0, 0.1) is 11.3 Å². The third kappa shape index (κ3) is 1.49. The Balaban J connectivity index is 2.35. The summed E-state index contributed by atoms with van der Waals surface area (Å²) in [6.45, 7) is 0. The van der Waals surface area contributed by atoms with Crippen molar-refractivity contribution in [3.05, 3.63) is 60.4 Å². The average Bonchev–Trinajstić information content (AvgIpc) is 2.86. The van der Waals surface area contributed by atoms with E-state index in [1.54, 1.807) is 6.20 Å². The Hall–Kier alpha value is -2.53. The zero-order valence-electron chi connectivity index (χ0n) is 9.14. The molecular formula is C15H10N2. The van der Waals surface area contributed by atoms with Crippen LogP contribution in [0.2, 0.25) is 0 Å². The molecule has 0 unspecified atom stereocenters. The van der Waals surface area contributed by atoms with Gasteiger partial charge in [-0.15, -0.1) is 0 Å². The average molecular weight is 218 g/mol. The fourth-order valence-corrected chi connectivity index (χ4v) is 2.14. The number of hydrogen-bond donors (Lipinski definition) is 1. The Morgan fingerprint density at radius 1 is 0.882 bits per heavy atom. The topological polar surface area (TPSA) is 39.6 Å². The van der Waals surface area contributed by atoms with Gasteiger partial charge in [0.2, 0.25) is 0 Å². The first-order valence-electron chi connectivity index (χ1n) is 5.45. The summed E-state index contributed by atoms with van der Waals surface area (Å²) >= 11 is 0. The van der Waals surface area contributed by atoms with E-state index in [1.807, 2.05) is 30.5 Å². The quantitative estimate of drug-likeness (QED) is 0.664. The molecule has 2 aromatic carbocycles. The van der Waals surface area contributed by atoms with Crippen LogP contribution >= 0.6 is 0 Å². The Kier molecular flexibility index (Phi) is 2.16. The largest absolute Gasteiger partial charge is 0.366 e. The number of nitriles is 1. The van der Waals surface area contributed by atoms with Gasteiger partial charge in [-0.05, 0) is 16.3 Å². The molecule has 0 saturated heterocycles. The first-order valence-corrected chi connectivity index (χ1v) is 5.45. The molecule has 1 N–H and O–H groups in total. The van der Waals surface area contributed by atoms with Crippen LogP contribution < -0.4 is 0 Å². The molecule has 0 aliphatic rings. The van der Waals surface area contributed by atoms with Crippen molar-refractivity contribution in [2.24, 2.45) is 0 Å². The number of nitrogens with one attached hydrogen (secondary N) is 1. The molecule has 0 spiro atoms. The van der Waals surface area contributed by atoms with Crippen molar-refractivity contribution in [3.63, 3.8) is 0 Å². The van der Waals surface area contributed by atoms with Crippen molar-refractivity contribution in [1.82, 2.24) is 4.98 Å². The second-order valence-corrected chi connectivity index (χ2v) is 3.92. The zero-order valence-corrected chi connectivity index (χ0v) is 9.14. The molecule has 1 heterocycles.